The van der Waals surface area contributed by atoms with Gasteiger partial charge >= 0.3 is 0 Å². The van der Waals surface area contributed by atoms with Crippen LogP contribution >= 0.6 is 0 Å². The van der Waals surface area contributed by atoms with E-state index in [1.54, 1.807) is 0 Å². The number of nitrogens with zero attached hydrogens (tertiary/aromatic N) is 1. The van der Waals surface area contributed by atoms with Gasteiger partial charge in [-0.25, -0.2) is 0 Å². The van der Waals surface area contributed by atoms with E-state index >= 15 is 0 Å². The Kier molecular flexibility index (Phi) is 0.729. The highest BCUT2D eigenvalue weighted by Crippen LogP contribution is 2.53. The van der Waals surface area contributed by atoms with Crippen LogP contribution in [0.15, 0.2) is 5.18 Å². The van der Waals surface area contributed by atoms with Crippen LogP contribution in [0.2, 0.25) is 0 Å². The summed E-state index contributed by atoms with van der Waals surface area (Å²) in [7, 11) is 0. The van der Waals surface area contributed by atoms with Gasteiger partial charge in [0.15, 0.2) is 0 Å². The molecule has 2 saturated carbocycles. The van der Waals surface area contributed by atoms with Crippen LogP contribution < -0.4 is 0 Å². The van der Waals surface area contributed by atoms with E-state index in [0.29, 0.717) is 11.8 Å². The van der Waals surface area contributed by atoms with Crippen LogP contribution in [0.5, 0.6) is 0 Å². The lowest BCUT2D eigenvalue weighted by molar-refractivity contribution is 0.673. The summed E-state index contributed by atoms with van der Waals surface area (Å²) in [5.41, 5.74) is 0. The van der Waals surface area contributed by atoms with E-state index < -0.39 is 0 Å². The maximum atomic E-state index is 9.93. The van der Waals surface area contributed by atoms with E-state index in [2.05, 4.69) is 5.18 Å². The Hall–Kier alpha value is -0.400. The SMILES string of the molecule is O=NC1C2CCCC21. The summed E-state index contributed by atoms with van der Waals surface area (Å²) < 4.78 is 0. The van der Waals surface area contributed by atoms with Crippen molar-refractivity contribution in [1.29, 1.82) is 0 Å². The zero-order chi connectivity index (χ0) is 5.56. The summed E-state index contributed by atoms with van der Waals surface area (Å²) in [6, 6.07) is 0.240. The number of fused-ring (bicyclic) bond motifs is 1. The Morgan fingerprint density at radius 3 is 2.25 bits per heavy atom. The van der Waals surface area contributed by atoms with Crippen molar-refractivity contribution in [3.8, 4) is 0 Å². The molecule has 0 bridgehead atoms. The molecule has 2 rings (SSSR count). The Morgan fingerprint density at radius 2 is 1.88 bits per heavy atom. The topological polar surface area (TPSA) is 29.4 Å². The molecule has 2 unspecified atom stereocenters. The molecule has 2 aliphatic carbocycles. The Morgan fingerprint density at radius 1 is 1.25 bits per heavy atom. The number of hydrogen-bond donors (Lipinski definition) is 0. The van der Waals surface area contributed by atoms with Crippen LogP contribution in [0.1, 0.15) is 19.3 Å². The molecule has 2 fully saturated rings. The third-order valence-corrected chi connectivity index (χ3v) is 2.48. The molecule has 0 N–H and O–H groups in total. The fourth-order valence-corrected chi connectivity index (χ4v) is 1.94. The molecule has 44 valence electrons. The molecule has 0 amide bonds. The standard InChI is InChI=1S/C6H9NO/c8-7-6-4-2-1-3-5(4)6/h4-6H,1-3H2. The van der Waals surface area contributed by atoms with Gasteiger partial charge in [-0.1, -0.05) is 11.6 Å². The first kappa shape index (κ1) is 4.48. The van der Waals surface area contributed by atoms with Crippen LogP contribution in [-0.4, -0.2) is 6.04 Å². The van der Waals surface area contributed by atoms with Gasteiger partial charge in [-0.05, 0) is 24.7 Å². The van der Waals surface area contributed by atoms with E-state index in [1.807, 2.05) is 0 Å². The van der Waals surface area contributed by atoms with Gasteiger partial charge in [-0.3, -0.25) is 0 Å². The minimum Gasteiger partial charge on any atom is -0.150 e. The fraction of sp³-hybridized carbons (Fsp3) is 1.00. The second kappa shape index (κ2) is 1.30. The van der Waals surface area contributed by atoms with Crippen molar-refractivity contribution < 1.29 is 0 Å². The predicted octanol–water partition coefficient (Wildman–Crippen LogP) is 1.55. The third kappa shape index (κ3) is 0.383. The molecule has 0 radical (unpaired) electrons. The summed E-state index contributed by atoms with van der Waals surface area (Å²) in [5, 5.41) is 3.03. The maximum Gasteiger partial charge on any atom is 0.0982 e. The van der Waals surface area contributed by atoms with Crippen molar-refractivity contribution in [3.05, 3.63) is 4.91 Å². The summed E-state index contributed by atoms with van der Waals surface area (Å²) in [4.78, 5) is 9.93. The minimum absolute atomic E-state index is 0.240. The molecule has 0 spiro atoms. The average Bonchev–Trinajstić information content (AvgIpc) is 2.22. The van der Waals surface area contributed by atoms with E-state index in [0.717, 1.165) is 0 Å². The van der Waals surface area contributed by atoms with Crippen LogP contribution in [0, 0.1) is 16.7 Å². The van der Waals surface area contributed by atoms with Gasteiger partial charge < -0.3 is 0 Å². The van der Waals surface area contributed by atoms with Crippen LogP contribution in [-0.2, 0) is 0 Å². The summed E-state index contributed by atoms with van der Waals surface area (Å²) >= 11 is 0. The third-order valence-electron chi connectivity index (χ3n) is 2.48. The average molecular weight is 111 g/mol. The van der Waals surface area contributed by atoms with Crippen LogP contribution in [0.4, 0.5) is 0 Å². The predicted molar refractivity (Wildman–Crippen MR) is 30.4 cm³/mol. The molecular weight excluding hydrogens is 102 g/mol. The molecule has 2 aliphatic rings. The largest absolute Gasteiger partial charge is 0.150 e. The fourth-order valence-electron chi connectivity index (χ4n) is 1.94. The highest BCUT2D eigenvalue weighted by atomic mass is 16.3. The van der Waals surface area contributed by atoms with Gasteiger partial charge in [0, 0.05) is 0 Å². The van der Waals surface area contributed by atoms with Crippen molar-refractivity contribution in [2.24, 2.45) is 17.0 Å². The van der Waals surface area contributed by atoms with Crippen LogP contribution in [0.25, 0.3) is 0 Å². The van der Waals surface area contributed by atoms with Crippen molar-refractivity contribution in [1.82, 2.24) is 0 Å². The van der Waals surface area contributed by atoms with Gasteiger partial charge in [-0.15, -0.1) is 0 Å². The smallest absolute Gasteiger partial charge is 0.0982 e. The first-order chi connectivity index (χ1) is 3.93. The van der Waals surface area contributed by atoms with Crippen molar-refractivity contribution in [2.75, 3.05) is 0 Å². The van der Waals surface area contributed by atoms with E-state index in [-0.39, 0.29) is 6.04 Å². The molecule has 0 saturated heterocycles. The summed E-state index contributed by atoms with van der Waals surface area (Å²) in [5.74, 6) is 1.43. The Labute approximate surface area is 48.2 Å². The molecule has 2 atom stereocenters. The molecule has 0 aromatic carbocycles. The van der Waals surface area contributed by atoms with E-state index in [4.69, 9.17) is 0 Å². The molecular formula is C6H9NO. The monoisotopic (exact) mass is 111 g/mol. The first-order valence-electron chi connectivity index (χ1n) is 3.26. The van der Waals surface area contributed by atoms with Crippen molar-refractivity contribution in [3.63, 3.8) is 0 Å². The normalized spacial score (nSPS) is 50.8. The Bertz CT molecular complexity index is 114. The second-order valence-electron chi connectivity index (χ2n) is 2.85. The molecule has 2 nitrogen and oxygen atoms in total. The number of nitroso groups, excluding NO2 is 1. The quantitative estimate of drug-likeness (QED) is 0.472. The van der Waals surface area contributed by atoms with Gasteiger partial charge in [0.2, 0.25) is 0 Å². The zero-order valence-corrected chi connectivity index (χ0v) is 4.71. The first-order valence-corrected chi connectivity index (χ1v) is 3.26. The lowest BCUT2D eigenvalue weighted by Crippen LogP contribution is -1.85. The van der Waals surface area contributed by atoms with Gasteiger partial charge in [-0.2, -0.15) is 4.91 Å². The number of rotatable bonds is 1. The molecule has 0 aromatic rings. The maximum absolute atomic E-state index is 9.93. The molecule has 2 heteroatoms. The minimum atomic E-state index is 0.240. The van der Waals surface area contributed by atoms with Crippen molar-refractivity contribution in [2.45, 2.75) is 25.3 Å². The highest BCUT2D eigenvalue weighted by Gasteiger charge is 2.54. The van der Waals surface area contributed by atoms with Gasteiger partial charge in [0.1, 0.15) is 0 Å². The number of hydrogen-bond acceptors (Lipinski definition) is 2. The molecule has 0 aromatic heterocycles. The molecule has 0 heterocycles. The Balaban J connectivity index is 2.03. The lowest BCUT2D eigenvalue weighted by Gasteiger charge is -1.88. The van der Waals surface area contributed by atoms with Gasteiger partial charge in [0.05, 0.1) is 6.04 Å². The van der Waals surface area contributed by atoms with E-state index in [1.165, 1.54) is 19.3 Å². The van der Waals surface area contributed by atoms with Crippen LogP contribution in [0.3, 0.4) is 0 Å². The molecule has 8 heavy (non-hydrogen) atoms. The highest BCUT2D eigenvalue weighted by molar-refractivity contribution is 5.06. The van der Waals surface area contributed by atoms with E-state index in [9.17, 15) is 4.91 Å². The van der Waals surface area contributed by atoms with Gasteiger partial charge in [0.25, 0.3) is 0 Å². The molecule has 0 aliphatic heterocycles. The zero-order valence-electron chi connectivity index (χ0n) is 4.71. The van der Waals surface area contributed by atoms with Crippen molar-refractivity contribution >= 4 is 0 Å². The summed E-state index contributed by atoms with van der Waals surface area (Å²) in [6.45, 7) is 0. The summed E-state index contributed by atoms with van der Waals surface area (Å²) in [6.07, 6.45) is 3.86. The second-order valence-corrected chi connectivity index (χ2v) is 2.85. The lowest BCUT2D eigenvalue weighted by atomic mass is 10.2.